The van der Waals surface area contributed by atoms with Gasteiger partial charge in [-0.3, -0.25) is 9.59 Å². The fourth-order valence-electron chi connectivity index (χ4n) is 3.77. The van der Waals surface area contributed by atoms with Crippen LogP contribution < -0.4 is 10.1 Å². The van der Waals surface area contributed by atoms with Crippen molar-refractivity contribution in [2.45, 2.75) is 18.9 Å². The SMILES string of the molecule is COc1ccc([C@@H]2[C@@H](C(=O)Nc3nc(C)cs3)c3ccccc3C(=O)N2C)cc1. The van der Waals surface area contributed by atoms with E-state index in [2.05, 4.69) is 10.3 Å². The van der Waals surface area contributed by atoms with Crippen LogP contribution in [0.1, 0.15) is 39.1 Å². The van der Waals surface area contributed by atoms with Crippen LogP contribution in [-0.4, -0.2) is 35.9 Å². The van der Waals surface area contributed by atoms with Crippen molar-refractivity contribution in [3.05, 3.63) is 76.3 Å². The molecule has 0 saturated heterocycles. The summed E-state index contributed by atoms with van der Waals surface area (Å²) in [6.07, 6.45) is 0. The highest BCUT2D eigenvalue weighted by molar-refractivity contribution is 7.13. The second-order valence-electron chi connectivity index (χ2n) is 6.98. The number of hydrogen-bond donors (Lipinski definition) is 1. The number of amides is 2. The summed E-state index contributed by atoms with van der Waals surface area (Å²) >= 11 is 1.39. The van der Waals surface area contributed by atoms with E-state index in [1.54, 1.807) is 25.1 Å². The van der Waals surface area contributed by atoms with Gasteiger partial charge in [0, 0.05) is 18.0 Å². The molecular formula is C22H21N3O3S. The predicted octanol–water partition coefficient (Wildman–Crippen LogP) is 4.01. The number of benzene rings is 2. The average Bonchev–Trinajstić information content (AvgIpc) is 3.15. The molecule has 6 nitrogen and oxygen atoms in total. The summed E-state index contributed by atoms with van der Waals surface area (Å²) in [7, 11) is 3.34. The molecule has 4 rings (SSSR count). The van der Waals surface area contributed by atoms with E-state index >= 15 is 0 Å². The molecule has 1 aliphatic heterocycles. The molecule has 3 aromatic rings. The van der Waals surface area contributed by atoms with Gasteiger partial charge in [0.15, 0.2) is 5.13 Å². The zero-order chi connectivity index (χ0) is 20.5. The highest BCUT2D eigenvalue weighted by Crippen LogP contribution is 2.42. The molecule has 1 aromatic heterocycles. The lowest BCUT2D eigenvalue weighted by Crippen LogP contribution is -2.44. The number of ether oxygens (including phenoxy) is 1. The summed E-state index contributed by atoms with van der Waals surface area (Å²) in [5.41, 5.74) is 3.00. The Kier molecular flexibility index (Phi) is 5.07. The molecule has 148 valence electrons. The molecule has 2 aromatic carbocycles. The Morgan fingerprint density at radius 1 is 1.17 bits per heavy atom. The zero-order valence-electron chi connectivity index (χ0n) is 16.4. The quantitative estimate of drug-likeness (QED) is 0.709. The lowest BCUT2D eigenvalue weighted by Gasteiger charge is -2.39. The van der Waals surface area contributed by atoms with Crippen LogP contribution in [0.25, 0.3) is 0 Å². The maximum absolute atomic E-state index is 13.4. The standard InChI is InChI=1S/C22H21N3O3S/c1-13-12-29-22(23-13)24-20(26)18-16-6-4-5-7-17(16)21(27)25(2)19(18)14-8-10-15(28-3)11-9-14/h4-12,18-19H,1-3H3,(H,23,24,26)/t18-,19+/m0/s1. The molecule has 0 fully saturated rings. The van der Waals surface area contributed by atoms with Crippen molar-refractivity contribution < 1.29 is 14.3 Å². The second-order valence-corrected chi connectivity index (χ2v) is 7.84. The van der Waals surface area contributed by atoms with E-state index in [9.17, 15) is 9.59 Å². The van der Waals surface area contributed by atoms with E-state index < -0.39 is 12.0 Å². The van der Waals surface area contributed by atoms with Crippen LogP contribution in [0.4, 0.5) is 5.13 Å². The number of aryl methyl sites for hydroxylation is 1. The smallest absolute Gasteiger partial charge is 0.254 e. The highest BCUT2D eigenvalue weighted by atomic mass is 32.1. The van der Waals surface area contributed by atoms with E-state index in [-0.39, 0.29) is 11.8 Å². The topological polar surface area (TPSA) is 71.5 Å². The van der Waals surface area contributed by atoms with Gasteiger partial charge in [-0.15, -0.1) is 11.3 Å². The minimum atomic E-state index is -0.563. The molecule has 0 aliphatic carbocycles. The van der Waals surface area contributed by atoms with Gasteiger partial charge in [0.25, 0.3) is 5.91 Å². The van der Waals surface area contributed by atoms with Crippen molar-refractivity contribution in [2.75, 3.05) is 19.5 Å². The predicted molar refractivity (Wildman–Crippen MR) is 112 cm³/mol. The molecule has 0 bridgehead atoms. The maximum Gasteiger partial charge on any atom is 0.254 e. The van der Waals surface area contributed by atoms with Crippen LogP contribution in [0.3, 0.4) is 0 Å². The van der Waals surface area contributed by atoms with Gasteiger partial charge in [-0.25, -0.2) is 4.98 Å². The van der Waals surface area contributed by atoms with Crippen molar-refractivity contribution in [2.24, 2.45) is 0 Å². The highest BCUT2D eigenvalue weighted by Gasteiger charge is 2.42. The first-order valence-electron chi connectivity index (χ1n) is 9.22. The second kappa shape index (κ2) is 7.67. The molecule has 7 heteroatoms. The monoisotopic (exact) mass is 407 g/mol. The number of methoxy groups -OCH3 is 1. The molecule has 0 saturated carbocycles. The molecule has 29 heavy (non-hydrogen) atoms. The number of rotatable bonds is 4. The van der Waals surface area contributed by atoms with Gasteiger partial charge in [-0.05, 0) is 36.2 Å². The minimum Gasteiger partial charge on any atom is -0.497 e. The molecule has 1 N–H and O–H groups in total. The van der Waals surface area contributed by atoms with Gasteiger partial charge in [-0.2, -0.15) is 0 Å². The molecule has 2 amide bonds. The van der Waals surface area contributed by atoms with Crippen LogP contribution in [-0.2, 0) is 4.79 Å². The van der Waals surface area contributed by atoms with E-state index in [0.717, 1.165) is 22.6 Å². The van der Waals surface area contributed by atoms with Gasteiger partial charge in [0.1, 0.15) is 5.75 Å². The van der Waals surface area contributed by atoms with Gasteiger partial charge in [-0.1, -0.05) is 30.3 Å². The molecule has 0 radical (unpaired) electrons. The first-order valence-corrected chi connectivity index (χ1v) is 10.1. The summed E-state index contributed by atoms with van der Waals surface area (Å²) in [6, 6.07) is 14.3. The first-order chi connectivity index (χ1) is 14.0. The molecular weight excluding hydrogens is 386 g/mol. The van der Waals surface area contributed by atoms with Gasteiger partial charge >= 0.3 is 0 Å². The summed E-state index contributed by atoms with van der Waals surface area (Å²) in [5.74, 6) is -0.132. The van der Waals surface area contributed by atoms with E-state index in [1.807, 2.05) is 54.8 Å². The van der Waals surface area contributed by atoms with Crippen LogP contribution in [0, 0.1) is 6.92 Å². The van der Waals surface area contributed by atoms with Crippen molar-refractivity contribution in [1.29, 1.82) is 0 Å². The molecule has 2 heterocycles. The maximum atomic E-state index is 13.4. The summed E-state index contributed by atoms with van der Waals surface area (Å²) in [6.45, 7) is 1.88. The Bertz CT molecular complexity index is 1060. The Morgan fingerprint density at radius 3 is 2.55 bits per heavy atom. The lowest BCUT2D eigenvalue weighted by molar-refractivity contribution is -0.119. The fraction of sp³-hybridized carbons (Fsp3) is 0.227. The third-order valence-electron chi connectivity index (χ3n) is 5.17. The molecule has 0 spiro atoms. The van der Waals surface area contributed by atoms with Crippen molar-refractivity contribution in [1.82, 2.24) is 9.88 Å². The van der Waals surface area contributed by atoms with Crippen molar-refractivity contribution >= 4 is 28.3 Å². The minimum absolute atomic E-state index is 0.101. The molecule has 2 atom stereocenters. The van der Waals surface area contributed by atoms with Crippen LogP contribution in [0.15, 0.2) is 53.9 Å². The Balaban J connectivity index is 1.79. The van der Waals surface area contributed by atoms with Crippen LogP contribution in [0.2, 0.25) is 0 Å². The third-order valence-corrected chi connectivity index (χ3v) is 6.04. The average molecular weight is 407 g/mol. The molecule has 1 aliphatic rings. The van der Waals surface area contributed by atoms with Crippen molar-refractivity contribution in [3.63, 3.8) is 0 Å². The van der Waals surface area contributed by atoms with Crippen LogP contribution >= 0.6 is 11.3 Å². The molecule has 0 unspecified atom stereocenters. The number of hydrogen-bond acceptors (Lipinski definition) is 5. The number of nitrogens with one attached hydrogen (secondary N) is 1. The van der Waals surface area contributed by atoms with Gasteiger partial charge < -0.3 is 15.0 Å². The van der Waals surface area contributed by atoms with E-state index in [4.69, 9.17) is 4.74 Å². The van der Waals surface area contributed by atoms with Crippen LogP contribution in [0.5, 0.6) is 5.75 Å². The Labute approximate surface area is 173 Å². The third kappa shape index (κ3) is 3.49. The number of fused-ring (bicyclic) bond motifs is 1. The number of carbonyl (C=O) groups is 2. The number of likely N-dealkylation sites (N-methyl/N-ethyl adjacent to an activating group) is 1. The number of anilines is 1. The first kappa shape index (κ1) is 19.1. The van der Waals surface area contributed by atoms with Gasteiger partial charge in [0.2, 0.25) is 5.91 Å². The van der Waals surface area contributed by atoms with Gasteiger partial charge in [0.05, 0.1) is 24.8 Å². The summed E-state index contributed by atoms with van der Waals surface area (Å²) < 4.78 is 5.25. The van der Waals surface area contributed by atoms with Crippen molar-refractivity contribution in [3.8, 4) is 5.75 Å². The van der Waals surface area contributed by atoms with E-state index in [0.29, 0.717) is 10.7 Å². The zero-order valence-corrected chi connectivity index (χ0v) is 17.2. The summed E-state index contributed by atoms with van der Waals surface area (Å²) in [5, 5.41) is 5.38. The number of carbonyl (C=O) groups excluding carboxylic acids is 2. The number of thiazole rings is 1. The van der Waals surface area contributed by atoms with E-state index in [1.165, 1.54) is 11.3 Å². The number of aromatic nitrogens is 1. The lowest BCUT2D eigenvalue weighted by atomic mass is 9.79. The normalized spacial score (nSPS) is 18.3. The largest absolute Gasteiger partial charge is 0.497 e. The number of nitrogens with zero attached hydrogens (tertiary/aromatic N) is 2. The Hall–Kier alpha value is -3.19. The fourth-order valence-corrected chi connectivity index (χ4v) is 4.46. The Morgan fingerprint density at radius 2 is 1.90 bits per heavy atom. The summed E-state index contributed by atoms with van der Waals surface area (Å²) in [4.78, 5) is 32.4.